The van der Waals surface area contributed by atoms with E-state index in [9.17, 15) is 18.0 Å². The molecule has 1 fully saturated rings. The molecule has 3 rings (SSSR count). The summed E-state index contributed by atoms with van der Waals surface area (Å²) in [6.45, 7) is 1.89. The number of anilines is 2. The highest BCUT2D eigenvalue weighted by Crippen LogP contribution is 2.24. The Morgan fingerprint density at radius 3 is 2.44 bits per heavy atom. The molecule has 1 aliphatic rings. The molecule has 27 heavy (non-hydrogen) atoms. The Bertz CT molecular complexity index is 954. The number of benzene rings is 2. The van der Waals surface area contributed by atoms with Crippen molar-refractivity contribution in [3.8, 4) is 0 Å². The third-order valence-corrected chi connectivity index (χ3v) is 6.11. The van der Waals surface area contributed by atoms with E-state index >= 15 is 0 Å². The van der Waals surface area contributed by atoms with Gasteiger partial charge in [0.15, 0.2) is 6.61 Å². The Morgan fingerprint density at radius 2 is 1.81 bits per heavy atom. The molecule has 0 spiro atoms. The minimum Gasteiger partial charge on any atom is -0.452 e. The number of sulfonamides is 1. The number of carbonyl (C=O) groups excluding carboxylic acids is 2. The highest BCUT2D eigenvalue weighted by molar-refractivity contribution is 7.93. The van der Waals surface area contributed by atoms with E-state index in [-0.39, 0.29) is 11.3 Å². The third-order valence-electron chi connectivity index (χ3n) is 4.24. The van der Waals surface area contributed by atoms with E-state index in [1.54, 1.807) is 24.3 Å². The van der Waals surface area contributed by atoms with Crippen molar-refractivity contribution < 1.29 is 22.7 Å². The highest BCUT2D eigenvalue weighted by atomic mass is 32.2. The van der Waals surface area contributed by atoms with Gasteiger partial charge < -0.3 is 10.1 Å². The van der Waals surface area contributed by atoms with E-state index < -0.39 is 28.5 Å². The fourth-order valence-electron chi connectivity index (χ4n) is 2.81. The van der Waals surface area contributed by atoms with Crippen LogP contribution in [0.25, 0.3) is 0 Å². The Kier molecular flexibility index (Phi) is 5.46. The summed E-state index contributed by atoms with van der Waals surface area (Å²) in [4.78, 5) is 24.0. The number of aryl methyl sites for hydroxylation is 1. The van der Waals surface area contributed by atoms with Crippen LogP contribution in [-0.4, -0.2) is 39.2 Å². The first-order valence-electron chi connectivity index (χ1n) is 8.50. The topological polar surface area (TPSA) is 92.8 Å². The Balaban J connectivity index is 1.57. The molecule has 142 valence electrons. The van der Waals surface area contributed by atoms with Crippen molar-refractivity contribution in [3.63, 3.8) is 0 Å². The van der Waals surface area contributed by atoms with Crippen molar-refractivity contribution in [2.24, 2.45) is 0 Å². The number of esters is 1. The quantitative estimate of drug-likeness (QED) is 0.794. The SMILES string of the molecule is Cc1ccccc1NC(=O)COC(=O)c1ccc(N2CCCS2(=O)=O)cc1. The average Bonchev–Trinajstić information content (AvgIpc) is 3.01. The second-order valence-corrected chi connectivity index (χ2v) is 8.24. The summed E-state index contributed by atoms with van der Waals surface area (Å²) in [5.41, 5.74) is 2.33. The number of hydrogen-bond donors (Lipinski definition) is 1. The molecule has 0 aromatic heterocycles. The smallest absolute Gasteiger partial charge is 0.338 e. The van der Waals surface area contributed by atoms with Crippen molar-refractivity contribution in [1.29, 1.82) is 0 Å². The monoisotopic (exact) mass is 388 g/mol. The van der Waals surface area contributed by atoms with Gasteiger partial charge in [-0.2, -0.15) is 0 Å². The number of para-hydroxylation sites is 1. The van der Waals surface area contributed by atoms with Gasteiger partial charge in [0.25, 0.3) is 5.91 Å². The number of nitrogens with zero attached hydrogens (tertiary/aromatic N) is 1. The molecular weight excluding hydrogens is 368 g/mol. The summed E-state index contributed by atoms with van der Waals surface area (Å²) in [5, 5.41) is 2.68. The minimum absolute atomic E-state index is 0.132. The van der Waals surface area contributed by atoms with Crippen LogP contribution in [0.2, 0.25) is 0 Å². The van der Waals surface area contributed by atoms with E-state index in [4.69, 9.17) is 4.74 Å². The van der Waals surface area contributed by atoms with Gasteiger partial charge in [0.1, 0.15) is 0 Å². The molecule has 1 aliphatic heterocycles. The first-order chi connectivity index (χ1) is 12.9. The standard InChI is InChI=1S/C19H20N2O5S/c1-14-5-2-3-6-17(14)20-18(22)13-26-19(23)15-7-9-16(10-8-15)21-11-4-12-27(21,24)25/h2-3,5-10H,4,11-13H2,1H3,(H,20,22). The maximum Gasteiger partial charge on any atom is 0.338 e. The summed E-state index contributed by atoms with van der Waals surface area (Å²) in [6, 6.07) is 13.4. The maximum atomic E-state index is 12.1. The predicted octanol–water partition coefficient (Wildman–Crippen LogP) is 2.33. The minimum atomic E-state index is -3.26. The van der Waals surface area contributed by atoms with Crippen molar-refractivity contribution in [2.45, 2.75) is 13.3 Å². The summed E-state index contributed by atoms with van der Waals surface area (Å²) < 4.78 is 30.2. The summed E-state index contributed by atoms with van der Waals surface area (Å²) in [7, 11) is -3.26. The lowest BCUT2D eigenvalue weighted by Gasteiger charge is -2.16. The number of ether oxygens (including phenoxy) is 1. The van der Waals surface area contributed by atoms with E-state index in [1.807, 2.05) is 19.1 Å². The molecule has 1 amide bonds. The zero-order valence-electron chi connectivity index (χ0n) is 14.8. The number of rotatable bonds is 5. The van der Waals surface area contributed by atoms with Crippen molar-refractivity contribution >= 4 is 33.3 Å². The van der Waals surface area contributed by atoms with Crippen LogP contribution in [0.5, 0.6) is 0 Å². The van der Waals surface area contributed by atoms with E-state index in [0.29, 0.717) is 24.3 Å². The number of carbonyl (C=O) groups is 2. The van der Waals surface area contributed by atoms with Crippen molar-refractivity contribution in [1.82, 2.24) is 0 Å². The van der Waals surface area contributed by atoms with Gasteiger partial charge in [-0.15, -0.1) is 0 Å². The third kappa shape index (κ3) is 4.46. The molecule has 2 aromatic rings. The highest BCUT2D eigenvalue weighted by Gasteiger charge is 2.28. The predicted molar refractivity (Wildman–Crippen MR) is 102 cm³/mol. The lowest BCUT2D eigenvalue weighted by Crippen LogP contribution is -2.25. The van der Waals surface area contributed by atoms with Crippen LogP contribution in [0.15, 0.2) is 48.5 Å². The van der Waals surface area contributed by atoms with Crippen LogP contribution >= 0.6 is 0 Å². The van der Waals surface area contributed by atoms with Gasteiger partial charge in [0.2, 0.25) is 10.0 Å². The molecule has 2 aromatic carbocycles. The molecule has 0 saturated carbocycles. The van der Waals surface area contributed by atoms with E-state index in [0.717, 1.165) is 5.56 Å². The van der Waals surface area contributed by atoms with Crippen molar-refractivity contribution in [2.75, 3.05) is 28.5 Å². The molecule has 0 unspecified atom stereocenters. The molecule has 0 aliphatic carbocycles. The van der Waals surface area contributed by atoms with Crippen LogP contribution in [0.1, 0.15) is 22.3 Å². The number of amides is 1. The lowest BCUT2D eigenvalue weighted by molar-refractivity contribution is -0.119. The molecule has 0 bridgehead atoms. The zero-order chi connectivity index (χ0) is 19.4. The summed E-state index contributed by atoms with van der Waals surface area (Å²) >= 11 is 0. The largest absolute Gasteiger partial charge is 0.452 e. The van der Waals surface area contributed by atoms with Crippen LogP contribution in [-0.2, 0) is 19.6 Å². The van der Waals surface area contributed by atoms with Gasteiger partial charge in [-0.25, -0.2) is 13.2 Å². The number of nitrogens with one attached hydrogen (secondary N) is 1. The van der Waals surface area contributed by atoms with Gasteiger partial charge in [-0.3, -0.25) is 9.10 Å². The Hall–Kier alpha value is -2.87. The molecule has 7 nitrogen and oxygen atoms in total. The average molecular weight is 388 g/mol. The normalized spacial score (nSPS) is 15.4. The van der Waals surface area contributed by atoms with Crippen LogP contribution in [0.3, 0.4) is 0 Å². The summed E-state index contributed by atoms with van der Waals surface area (Å²) in [6.07, 6.45) is 0.585. The van der Waals surface area contributed by atoms with E-state index in [1.165, 1.54) is 16.4 Å². The van der Waals surface area contributed by atoms with Gasteiger partial charge >= 0.3 is 5.97 Å². The van der Waals surface area contributed by atoms with E-state index in [2.05, 4.69) is 5.32 Å². The second kappa shape index (κ2) is 7.79. The van der Waals surface area contributed by atoms with Gasteiger partial charge in [-0.1, -0.05) is 18.2 Å². The Morgan fingerprint density at radius 1 is 1.11 bits per heavy atom. The number of hydrogen-bond acceptors (Lipinski definition) is 5. The van der Waals surface area contributed by atoms with Crippen molar-refractivity contribution in [3.05, 3.63) is 59.7 Å². The lowest BCUT2D eigenvalue weighted by atomic mass is 10.2. The van der Waals surface area contributed by atoms with Crippen LogP contribution < -0.4 is 9.62 Å². The van der Waals surface area contributed by atoms with Gasteiger partial charge in [0, 0.05) is 12.2 Å². The fourth-order valence-corrected chi connectivity index (χ4v) is 4.37. The molecule has 1 heterocycles. The Labute approximate surface area is 158 Å². The van der Waals surface area contributed by atoms with Gasteiger partial charge in [0.05, 0.1) is 17.0 Å². The molecule has 1 N–H and O–H groups in total. The van der Waals surface area contributed by atoms with Crippen LogP contribution in [0.4, 0.5) is 11.4 Å². The molecule has 1 saturated heterocycles. The molecule has 0 atom stereocenters. The summed E-state index contributed by atoms with van der Waals surface area (Å²) in [5.74, 6) is -0.949. The second-order valence-electron chi connectivity index (χ2n) is 6.23. The fraction of sp³-hybridized carbons (Fsp3) is 0.263. The first-order valence-corrected chi connectivity index (χ1v) is 10.1. The zero-order valence-corrected chi connectivity index (χ0v) is 15.7. The van der Waals surface area contributed by atoms with Gasteiger partial charge in [-0.05, 0) is 49.2 Å². The van der Waals surface area contributed by atoms with Crippen LogP contribution in [0, 0.1) is 6.92 Å². The maximum absolute atomic E-state index is 12.1. The molecule has 0 radical (unpaired) electrons. The molecule has 8 heteroatoms. The molecular formula is C19H20N2O5S. The first kappa shape index (κ1) is 18.9.